The summed E-state index contributed by atoms with van der Waals surface area (Å²) in [6.45, 7) is 2.31. The van der Waals surface area contributed by atoms with E-state index in [1.807, 2.05) is 0 Å². The van der Waals surface area contributed by atoms with E-state index in [9.17, 15) is 8.42 Å². The van der Waals surface area contributed by atoms with Gasteiger partial charge in [-0.25, -0.2) is 13.1 Å². The van der Waals surface area contributed by atoms with Gasteiger partial charge in [0.2, 0.25) is 10.0 Å². The maximum absolute atomic E-state index is 12.4. The molecule has 0 bridgehead atoms. The predicted molar refractivity (Wildman–Crippen MR) is 76.5 cm³/mol. The van der Waals surface area contributed by atoms with Crippen LogP contribution in [0.5, 0.6) is 5.75 Å². The van der Waals surface area contributed by atoms with Crippen LogP contribution in [0.15, 0.2) is 23.1 Å². The second-order valence-electron chi connectivity index (χ2n) is 5.39. The van der Waals surface area contributed by atoms with Gasteiger partial charge in [-0.05, 0) is 43.1 Å². The van der Waals surface area contributed by atoms with Crippen molar-refractivity contribution in [3.63, 3.8) is 0 Å². The minimum Gasteiger partial charge on any atom is -0.493 e. The summed E-state index contributed by atoms with van der Waals surface area (Å²) in [6, 6.07) is 5.08. The summed E-state index contributed by atoms with van der Waals surface area (Å²) >= 11 is 0. The monoisotopic (exact) mass is 296 g/mol. The fraction of sp³-hybridized carbons (Fsp3) is 0.571. The molecule has 110 valence electrons. The zero-order chi connectivity index (χ0) is 14.0. The summed E-state index contributed by atoms with van der Waals surface area (Å²) < 4.78 is 33.1. The van der Waals surface area contributed by atoms with E-state index >= 15 is 0 Å². The van der Waals surface area contributed by atoms with Gasteiger partial charge in [-0.3, -0.25) is 0 Å². The van der Waals surface area contributed by atoms with Crippen LogP contribution in [0, 0.1) is 0 Å². The van der Waals surface area contributed by atoms with E-state index in [1.54, 1.807) is 18.2 Å². The molecule has 1 unspecified atom stereocenters. The Morgan fingerprint density at radius 2 is 2.20 bits per heavy atom. The number of nitrogens with one attached hydrogen (secondary N) is 2. The smallest absolute Gasteiger partial charge is 0.240 e. The lowest BCUT2D eigenvalue weighted by atomic mass is 10.2. The predicted octanol–water partition coefficient (Wildman–Crippen LogP) is 1.04. The molecule has 0 spiro atoms. The van der Waals surface area contributed by atoms with Crippen molar-refractivity contribution in [1.82, 2.24) is 10.0 Å². The lowest BCUT2D eigenvalue weighted by Gasteiger charge is -2.16. The van der Waals surface area contributed by atoms with Gasteiger partial charge in [-0.15, -0.1) is 0 Å². The highest BCUT2D eigenvalue weighted by Crippen LogP contribution is 2.27. The largest absolute Gasteiger partial charge is 0.493 e. The van der Waals surface area contributed by atoms with E-state index in [0.717, 1.165) is 43.5 Å². The molecule has 2 aliphatic heterocycles. The SMILES string of the molecule is O=S(=O)(NC1CCCCNC1)c1ccc2c(c1)CCO2. The van der Waals surface area contributed by atoms with Crippen molar-refractivity contribution in [2.24, 2.45) is 0 Å². The molecule has 1 atom stereocenters. The van der Waals surface area contributed by atoms with Gasteiger partial charge in [0.25, 0.3) is 0 Å². The molecule has 1 aromatic rings. The van der Waals surface area contributed by atoms with E-state index in [2.05, 4.69) is 10.0 Å². The topological polar surface area (TPSA) is 67.4 Å². The van der Waals surface area contributed by atoms with Gasteiger partial charge in [0.1, 0.15) is 5.75 Å². The average molecular weight is 296 g/mol. The third-order valence-corrected chi connectivity index (χ3v) is 5.36. The highest BCUT2D eigenvalue weighted by atomic mass is 32.2. The molecule has 1 saturated heterocycles. The molecule has 0 aromatic heterocycles. The number of benzene rings is 1. The van der Waals surface area contributed by atoms with Crippen LogP contribution in [0.2, 0.25) is 0 Å². The summed E-state index contributed by atoms with van der Waals surface area (Å²) in [4.78, 5) is 0.339. The lowest BCUT2D eigenvalue weighted by molar-refractivity contribution is 0.356. The molecule has 0 amide bonds. The number of sulfonamides is 1. The first-order chi connectivity index (χ1) is 9.65. The fourth-order valence-electron chi connectivity index (χ4n) is 2.74. The molecule has 6 heteroatoms. The lowest BCUT2D eigenvalue weighted by Crippen LogP contribution is -2.40. The maximum Gasteiger partial charge on any atom is 0.240 e. The second kappa shape index (κ2) is 5.71. The van der Waals surface area contributed by atoms with Crippen LogP contribution in [0.4, 0.5) is 0 Å². The van der Waals surface area contributed by atoms with Crippen LogP contribution >= 0.6 is 0 Å². The van der Waals surface area contributed by atoms with Crippen molar-refractivity contribution in [2.75, 3.05) is 19.7 Å². The van der Waals surface area contributed by atoms with E-state index in [4.69, 9.17) is 4.74 Å². The van der Waals surface area contributed by atoms with Crippen LogP contribution in [-0.2, 0) is 16.4 Å². The Kier molecular flexibility index (Phi) is 3.96. The van der Waals surface area contributed by atoms with Crippen molar-refractivity contribution >= 4 is 10.0 Å². The van der Waals surface area contributed by atoms with Gasteiger partial charge in [-0.1, -0.05) is 6.42 Å². The zero-order valence-electron chi connectivity index (χ0n) is 11.4. The maximum atomic E-state index is 12.4. The zero-order valence-corrected chi connectivity index (χ0v) is 12.2. The van der Waals surface area contributed by atoms with Crippen molar-refractivity contribution in [3.05, 3.63) is 23.8 Å². The minimum absolute atomic E-state index is 0.0213. The molecular formula is C14H20N2O3S. The third-order valence-electron chi connectivity index (χ3n) is 3.84. The van der Waals surface area contributed by atoms with E-state index in [-0.39, 0.29) is 6.04 Å². The van der Waals surface area contributed by atoms with Crippen molar-refractivity contribution < 1.29 is 13.2 Å². The second-order valence-corrected chi connectivity index (χ2v) is 7.10. The summed E-state index contributed by atoms with van der Waals surface area (Å²) in [5.41, 5.74) is 0.979. The van der Waals surface area contributed by atoms with Gasteiger partial charge in [-0.2, -0.15) is 0 Å². The average Bonchev–Trinajstić information content (AvgIpc) is 2.75. The number of fused-ring (bicyclic) bond motifs is 1. The molecule has 1 aromatic carbocycles. The third kappa shape index (κ3) is 2.97. The standard InChI is InChI=1S/C14H20N2O3S/c17-20(18,16-12-3-1-2-7-15-10-12)13-4-5-14-11(9-13)6-8-19-14/h4-5,9,12,15-16H,1-3,6-8,10H2. The normalized spacial score (nSPS) is 22.9. The Hall–Kier alpha value is -1.11. The minimum atomic E-state index is -3.44. The van der Waals surface area contributed by atoms with Crippen molar-refractivity contribution in [3.8, 4) is 5.75 Å². The molecule has 2 heterocycles. The molecule has 2 N–H and O–H groups in total. The van der Waals surface area contributed by atoms with Crippen molar-refractivity contribution in [2.45, 2.75) is 36.6 Å². The van der Waals surface area contributed by atoms with Gasteiger partial charge in [0.15, 0.2) is 0 Å². The molecule has 1 fully saturated rings. The van der Waals surface area contributed by atoms with Crippen LogP contribution in [-0.4, -0.2) is 34.2 Å². The summed E-state index contributed by atoms with van der Waals surface area (Å²) in [7, 11) is -3.44. The number of hydrogen-bond donors (Lipinski definition) is 2. The first-order valence-electron chi connectivity index (χ1n) is 7.14. The van der Waals surface area contributed by atoms with Gasteiger partial charge >= 0.3 is 0 Å². The van der Waals surface area contributed by atoms with Crippen LogP contribution in [0.3, 0.4) is 0 Å². The molecule has 0 aliphatic carbocycles. The van der Waals surface area contributed by atoms with Crippen LogP contribution < -0.4 is 14.8 Å². The Morgan fingerprint density at radius 1 is 1.30 bits per heavy atom. The van der Waals surface area contributed by atoms with Gasteiger partial charge in [0, 0.05) is 19.0 Å². The Labute approximate surface area is 119 Å². The highest BCUT2D eigenvalue weighted by Gasteiger charge is 2.23. The number of hydrogen-bond acceptors (Lipinski definition) is 4. The Morgan fingerprint density at radius 3 is 3.10 bits per heavy atom. The van der Waals surface area contributed by atoms with Crippen LogP contribution in [0.25, 0.3) is 0 Å². The van der Waals surface area contributed by atoms with E-state index < -0.39 is 10.0 Å². The van der Waals surface area contributed by atoms with Gasteiger partial charge in [0.05, 0.1) is 11.5 Å². The number of rotatable bonds is 3. The quantitative estimate of drug-likeness (QED) is 0.874. The molecule has 5 nitrogen and oxygen atoms in total. The Bertz CT molecular complexity index is 578. The first-order valence-corrected chi connectivity index (χ1v) is 8.62. The molecule has 3 rings (SSSR count). The molecule has 0 radical (unpaired) electrons. The molecule has 2 aliphatic rings. The van der Waals surface area contributed by atoms with Crippen molar-refractivity contribution in [1.29, 1.82) is 0 Å². The first kappa shape index (κ1) is 13.9. The van der Waals surface area contributed by atoms with E-state index in [0.29, 0.717) is 18.0 Å². The highest BCUT2D eigenvalue weighted by molar-refractivity contribution is 7.89. The Balaban J connectivity index is 1.77. The summed E-state index contributed by atoms with van der Waals surface area (Å²) in [6.07, 6.45) is 3.83. The summed E-state index contributed by atoms with van der Waals surface area (Å²) in [5.74, 6) is 0.806. The fourth-order valence-corrected chi connectivity index (χ4v) is 4.06. The molecular weight excluding hydrogens is 276 g/mol. The van der Waals surface area contributed by atoms with Gasteiger partial charge < -0.3 is 10.1 Å². The molecule has 0 saturated carbocycles. The molecule has 20 heavy (non-hydrogen) atoms. The van der Waals surface area contributed by atoms with Crippen LogP contribution in [0.1, 0.15) is 24.8 Å². The van der Waals surface area contributed by atoms with E-state index in [1.165, 1.54) is 0 Å². The summed E-state index contributed by atoms with van der Waals surface area (Å²) in [5, 5.41) is 3.27. The number of ether oxygens (including phenoxy) is 1.